The van der Waals surface area contributed by atoms with Gasteiger partial charge >= 0.3 is 23.9 Å². The van der Waals surface area contributed by atoms with Crippen LogP contribution in [0.1, 0.15) is 49.9 Å². The number of hydrogen-bond donors (Lipinski definition) is 0. The van der Waals surface area contributed by atoms with E-state index in [9.17, 15) is 19.2 Å². The molecule has 0 aliphatic carbocycles. The summed E-state index contributed by atoms with van der Waals surface area (Å²) in [6.07, 6.45) is 6.81. The number of benzene rings is 3. The molecule has 0 saturated heterocycles. The molecular formula is C44H36O11. The summed E-state index contributed by atoms with van der Waals surface area (Å²) in [5.74, 6) is 10.7. The average Bonchev–Trinajstić information content (AvgIpc) is 3.16. The molecule has 0 aliphatic rings. The predicted octanol–water partition coefficient (Wildman–Crippen LogP) is 7.88. The van der Waals surface area contributed by atoms with Crippen LogP contribution in [-0.2, 0) is 33.4 Å². The Labute approximate surface area is 319 Å². The summed E-state index contributed by atoms with van der Waals surface area (Å²) in [5.41, 5.74) is 2.55. The van der Waals surface area contributed by atoms with Gasteiger partial charge in [-0.05, 0) is 76.2 Å². The number of esters is 4. The van der Waals surface area contributed by atoms with Crippen molar-refractivity contribution in [1.82, 2.24) is 0 Å². The van der Waals surface area contributed by atoms with E-state index in [2.05, 4.69) is 50.0 Å². The fraction of sp³-hybridized carbons (Fsp3) is 0.0909. The Hall–Kier alpha value is -7.76. The standard InChI is InChI=1S/C44H36O11/c1-29(2)41(45)52-24-21-49-37-17-11-33(12-18-37)9-15-35-28-40(55-44(48)32(7)8)36(27-39(35)51-23-26-54-43(47)31(5)6)16-10-34-13-19-38(20-14-34)50-22-25-53-42(46)30(3)4/h11-14,17-28H,1,3,5,7H2,2,4,6,8H3/b24-21+,25-22+,26-23+. The molecule has 3 aromatic carbocycles. The molecule has 0 heterocycles. The van der Waals surface area contributed by atoms with Crippen LogP contribution in [0.3, 0.4) is 0 Å². The maximum Gasteiger partial charge on any atom is 0.338 e. The molecule has 0 bridgehead atoms. The molecule has 0 N–H and O–H groups in total. The van der Waals surface area contributed by atoms with Crippen molar-refractivity contribution in [3.63, 3.8) is 0 Å². The van der Waals surface area contributed by atoms with E-state index in [0.29, 0.717) is 22.6 Å². The SMILES string of the molecule is C=C(C)C(=O)O/C=C/Oc1ccc(C#Cc2cc(OC(=O)C(=C)C)c(C#Cc3ccc(O/C=C/OC(=O)C(=C)C)cc3)cc2O/C=C/OC(=O)C(=C)C)cc1. The third kappa shape index (κ3) is 14.4. The molecule has 0 aromatic heterocycles. The first-order valence-electron chi connectivity index (χ1n) is 16.1. The molecule has 0 radical (unpaired) electrons. The van der Waals surface area contributed by atoms with Gasteiger partial charge in [-0.25, -0.2) is 19.2 Å². The van der Waals surface area contributed by atoms with Crippen LogP contribution in [0.4, 0.5) is 0 Å². The molecule has 0 spiro atoms. The molecule has 3 rings (SSSR count). The highest BCUT2D eigenvalue weighted by atomic mass is 16.6. The number of hydrogen-bond acceptors (Lipinski definition) is 11. The summed E-state index contributed by atoms with van der Waals surface area (Å²) < 4.78 is 37.0. The Bertz CT molecular complexity index is 2210. The Morgan fingerprint density at radius 1 is 0.455 bits per heavy atom. The molecular weight excluding hydrogens is 704 g/mol. The lowest BCUT2D eigenvalue weighted by Crippen LogP contribution is -2.09. The average molecular weight is 741 g/mol. The van der Waals surface area contributed by atoms with E-state index >= 15 is 0 Å². The molecule has 55 heavy (non-hydrogen) atoms. The summed E-state index contributed by atoms with van der Waals surface area (Å²) in [6.45, 7) is 20.3. The Kier molecular flexibility index (Phi) is 15.9. The van der Waals surface area contributed by atoms with Crippen LogP contribution >= 0.6 is 0 Å². The van der Waals surface area contributed by atoms with E-state index in [1.165, 1.54) is 52.4 Å². The fourth-order valence-corrected chi connectivity index (χ4v) is 3.52. The molecule has 0 unspecified atom stereocenters. The normalized spacial score (nSPS) is 10.3. The van der Waals surface area contributed by atoms with E-state index in [1.54, 1.807) is 48.5 Å². The fourth-order valence-electron chi connectivity index (χ4n) is 3.52. The third-order valence-electron chi connectivity index (χ3n) is 6.37. The minimum absolute atomic E-state index is 0.0760. The first kappa shape index (κ1) is 41.7. The molecule has 0 atom stereocenters. The lowest BCUT2D eigenvalue weighted by atomic mass is 10.1. The van der Waals surface area contributed by atoms with E-state index in [0.717, 1.165) is 25.0 Å². The molecule has 11 nitrogen and oxygen atoms in total. The van der Waals surface area contributed by atoms with Crippen LogP contribution in [0.15, 0.2) is 147 Å². The second-order valence-electron chi connectivity index (χ2n) is 11.3. The topological polar surface area (TPSA) is 133 Å². The summed E-state index contributed by atoms with van der Waals surface area (Å²) in [6, 6.07) is 16.4. The highest BCUT2D eigenvalue weighted by molar-refractivity contribution is 5.89. The number of carbonyl (C=O) groups is 4. The molecule has 11 heteroatoms. The van der Waals surface area contributed by atoms with Crippen molar-refractivity contribution >= 4 is 23.9 Å². The van der Waals surface area contributed by atoms with Crippen molar-refractivity contribution in [2.75, 3.05) is 0 Å². The van der Waals surface area contributed by atoms with Gasteiger partial charge in [-0.15, -0.1) is 0 Å². The molecule has 278 valence electrons. The number of ether oxygens (including phenoxy) is 7. The van der Waals surface area contributed by atoms with Gasteiger partial charge in [0.1, 0.15) is 60.6 Å². The van der Waals surface area contributed by atoms with Gasteiger partial charge in [0.05, 0.1) is 11.1 Å². The Balaban J connectivity index is 1.95. The summed E-state index contributed by atoms with van der Waals surface area (Å²) in [5, 5.41) is 0. The zero-order valence-electron chi connectivity index (χ0n) is 30.6. The van der Waals surface area contributed by atoms with Crippen molar-refractivity contribution in [2.45, 2.75) is 27.7 Å². The van der Waals surface area contributed by atoms with Crippen molar-refractivity contribution in [3.8, 4) is 46.7 Å². The van der Waals surface area contributed by atoms with Crippen molar-refractivity contribution in [2.24, 2.45) is 0 Å². The molecule has 0 saturated carbocycles. The van der Waals surface area contributed by atoms with Gasteiger partial charge in [0.15, 0.2) is 0 Å². The van der Waals surface area contributed by atoms with Crippen molar-refractivity contribution < 1.29 is 52.3 Å². The van der Waals surface area contributed by atoms with Crippen molar-refractivity contribution in [1.29, 1.82) is 0 Å². The lowest BCUT2D eigenvalue weighted by Gasteiger charge is -2.11. The van der Waals surface area contributed by atoms with Gasteiger partial charge in [-0.3, -0.25) is 0 Å². The maximum absolute atomic E-state index is 12.6. The zero-order valence-corrected chi connectivity index (χ0v) is 30.6. The van der Waals surface area contributed by atoms with Gasteiger partial charge in [-0.1, -0.05) is 50.0 Å². The lowest BCUT2D eigenvalue weighted by molar-refractivity contribution is -0.134. The zero-order chi connectivity index (χ0) is 40.3. The van der Waals surface area contributed by atoms with Crippen LogP contribution in [0.5, 0.6) is 23.0 Å². The third-order valence-corrected chi connectivity index (χ3v) is 6.37. The van der Waals surface area contributed by atoms with Crippen LogP contribution in [-0.4, -0.2) is 23.9 Å². The Morgan fingerprint density at radius 3 is 1.18 bits per heavy atom. The van der Waals surface area contributed by atoms with Gasteiger partial charge < -0.3 is 33.2 Å². The largest absolute Gasteiger partial charge is 0.462 e. The second-order valence-corrected chi connectivity index (χ2v) is 11.3. The minimum Gasteiger partial charge on any atom is -0.462 e. The number of rotatable bonds is 14. The molecule has 0 fully saturated rings. The van der Waals surface area contributed by atoms with Crippen LogP contribution < -0.4 is 18.9 Å². The smallest absolute Gasteiger partial charge is 0.338 e. The second kappa shape index (κ2) is 20.9. The predicted molar refractivity (Wildman–Crippen MR) is 204 cm³/mol. The summed E-state index contributed by atoms with van der Waals surface area (Å²) in [7, 11) is 0. The summed E-state index contributed by atoms with van der Waals surface area (Å²) >= 11 is 0. The molecule has 3 aromatic rings. The first-order valence-corrected chi connectivity index (χ1v) is 16.1. The quantitative estimate of drug-likeness (QED) is 0.0399. The highest BCUT2D eigenvalue weighted by Gasteiger charge is 2.15. The summed E-state index contributed by atoms with van der Waals surface area (Å²) in [4.78, 5) is 47.5. The van der Waals surface area contributed by atoms with Crippen LogP contribution in [0, 0.1) is 23.7 Å². The van der Waals surface area contributed by atoms with Crippen LogP contribution in [0.25, 0.3) is 0 Å². The van der Waals surface area contributed by atoms with Crippen molar-refractivity contribution in [3.05, 3.63) is 169 Å². The van der Waals surface area contributed by atoms with Gasteiger partial charge in [-0.2, -0.15) is 0 Å². The van der Waals surface area contributed by atoms with Gasteiger partial charge in [0.25, 0.3) is 0 Å². The highest BCUT2D eigenvalue weighted by Crippen LogP contribution is 2.30. The minimum atomic E-state index is -0.690. The molecule has 0 amide bonds. The van der Waals surface area contributed by atoms with Gasteiger partial charge in [0, 0.05) is 45.6 Å². The van der Waals surface area contributed by atoms with E-state index < -0.39 is 23.9 Å². The van der Waals surface area contributed by atoms with E-state index in [1.807, 2.05) is 0 Å². The van der Waals surface area contributed by atoms with E-state index in [-0.39, 0.29) is 44.9 Å². The monoisotopic (exact) mass is 740 g/mol. The van der Waals surface area contributed by atoms with Crippen LogP contribution in [0.2, 0.25) is 0 Å². The first-order chi connectivity index (χ1) is 26.2. The number of carbonyl (C=O) groups excluding carboxylic acids is 4. The Morgan fingerprint density at radius 2 is 0.800 bits per heavy atom. The van der Waals surface area contributed by atoms with E-state index in [4.69, 9.17) is 33.2 Å². The molecule has 0 aliphatic heterocycles. The van der Waals surface area contributed by atoms with Gasteiger partial charge in [0.2, 0.25) is 0 Å². The maximum atomic E-state index is 12.6.